The first-order valence-corrected chi connectivity index (χ1v) is 14.0. The molecule has 8 heteroatoms. The summed E-state index contributed by atoms with van der Waals surface area (Å²) in [5.41, 5.74) is -1.23. The highest BCUT2D eigenvalue weighted by Gasteiger charge is 2.80. The first-order chi connectivity index (χ1) is 18.6. The summed E-state index contributed by atoms with van der Waals surface area (Å²) in [5, 5.41) is 10.5. The molecule has 1 N–H and O–H groups in total. The standard InChI is InChI=1S/C31H42N2O6/c1-7-15-32(18-22-13-11-10-12-14-22)28(36)26-31-17-21(5)30(6,39-31)25(29(37)38-16-8-2)24(31)27(35)33(26)23(19-34)20(4)9-3/h7-8,10-14,20-21,23-26,34H,1-2,9,15-19H2,3-6H3/t20-,21?,23-,24-,25-,26?,30+,31?/m0/s1. The number of hydrogen-bond donors (Lipinski definition) is 1. The van der Waals surface area contributed by atoms with Gasteiger partial charge in [-0.25, -0.2) is 0 Å². The Morgan fingerprint density at radius 2 is 1.97 bits per heavy atom. The third kappa shape index (κ3) is 4.61. The second-order valence-corrected chi connectivity index (χ2v) is 11.5. The van der Waals surface area contributed by atoms with Gasteiger partial charge in [0.25, 0.3) is 0 Å². The van der Waals surface area contributed by atoms with Crippen molar-refractivity contribution in [1.29, 1.82) is 0 Å². The number of amides is 2. The van der Waals surface area contributed by atoms with E-state index < -0.39 is 41.1 Å². The highest BCUT2D eigenvalue weighted by molar-refractivity contribution is 5.99. The summed E-state index contributed by atoms with van der Waals surface area (Å²) < 4.78 is 12.3. The van der Waals surface area contributed by atoms with Gasteiger partial charge >= 0.3 is 5.97 Å². The van der Waals surface area contributed by atoms with Crippen molar-refractivity contribution in [2.75, 3.05) is 19.8 Å². The van der Waals surface area contributed by atoms with Gasteiger partial charge in [0.05, 0.1) is 24.2 Å². The lowest BCUT2D eigenvalue weighted by molar-refractivity contribution is -0.163. The third-order valence-electron chi connectivity index (χ3n) is 9.31. The number of aliphatic hydroxyl groups is 1. The number of aliphatic hydroxyl groups excluding tert-OH is 1. The lowest BCUT2D eigenvalue weighted by atomic mass is 9.62. The molecule has 0 aromatic heterocycles. The molecule has 0 aliphatic carbocycles. The van der Waals surface area contributed by atoms with Crippen LogP contribution in [0.2, 0.25) is 0 Å². The molecule has 3 fully saturated rings. The molecule has 3 unspecified atom stereocenters. The van der Waals surface area contributed by atoms with Crippen molar-refractivity contribution in [1.82, 2.24) is 9.80 Å². The number of hydrogen-bond acceptors (Lipinski definition) is 6. The first kappa shape index (κ1) is 29.0. The van der Waals surface area contributed by atoms with E-state index in [9.17, 15) is 19.5 Å². The molecule has 3 saturated heterocycles. The number of ether oxygens (including phenoxy) is 2. The van der Waals surface area contributed by atoms with Crippen LogP contribution in [-0.2, 0) is 30.4 Å². The Morgan fingerprint density at radius 1 is 1.28 bits per heavy atom. The molecular formula is C31H42N2O6. The predicted molar refractivity (Wildman–Crippen MR) is 147 cm³/mol. The van der Waals surface area contributed by atoms with Gasteiger partial charge in [0.1, 0.15) is 24.2 Å². The Bertz CT molecular complexity index is 1110. The van der Waals surface area contributed by atoms with Crippen LogP contribution in [0.4, 0.5) is 0 Å². The van der Waals surface area contributed by atoms with E-state index >= 15 is 0 Å². The molecule has 4 rings (SSSR count). The van der Waals surface area contributed by atoms with Gasteiger partial charge in [-0.15, -0.1) is 6.58 Å². The Morgan fingerprint density at radius 3 is 2.56 bits per heavy atom. The largest absolute Gasteiger partial charge is 0.461 e. The van der Waals surface area contributed by atoms with E-state index in [1.54, 1.807) is 15.9 Å². The molecule has 1 aromatic rings. The lowest BCUT2D eigenvalue weighted by Crippen LogP contribution is -2.59. The molecule has 1 spiro atoms. The maximum absolute atomic E-state index is 14.6. The molecule has 39 heavy (non-hydrogen) atoms. The molecule has 212 valence electrons. The topological polar surface area (TPSA) is 96.4 Å². The molecule has 8 nitrogen and oxygen atoms in total. The maximum Gasteiger partial charge on any atom is 0.313 e. The minimum Gasteiger partial charge on any atom is -0.461 e. The quantitative estimate of drug-likeness (QED) is 0.324. The Labute approximate surface area is 231 Å². The van der Waals surface area contributed by atoms with E-state index in [1.807, 2.05) is 58.0 Å². The van der Waals surface area contributed by atoms with Gasteiger partial charge in [0.15, 0.2) is 0 Å². The fourth-order valence-corrected chi connectivity index (χ4v) is 7.08. The van der Waals surface area contributed by atoms with Gasteiger partial charge < -0.3 is 24.4 Å². The number of carbonyl (C=O) groups excluding carboxylic acids is 3. The molecule has 8 atom stereocenters. The smallest absolute Gasteiger partial charge is 0.313 e. The van der Waals surface area contributed by atoms with Crippen LogP contribution in [0.3, 0.4) is 0 Å². The summed E-state index contributed by atoms with van der Waals surface area (Å²) in [6.45, 7) is 15.6. The zero-order valence-corrected chi connectivity index (χ0v) is 23.5. The normalized spacial score (nSPS) is 32.4. The third-order valence-corrected chi connectivity index (χ3v) is 9.31. The van der Waals surface area contributed by atoms with Crippen molar-refractivity contribution >= 4 is 17.8 Å². The summed E-state index contributed by atoms with van der Waals surface area (Å²) in [6, 6.07) is 8.05. The van der Waals surface area contributed by atoms with Crippen molar-refractivity contribution in [2.24, 2.45) is 23.7 Å². The number of benzene rings is 1. The van der Waals surface area contributed by atoms with Gasteiger partial charge in [0.2, 0.25) is 11.8 Å². The zero-order valence-electron chi connectivity index (χ0n) is 23.5. The van der Waals surface area contributed by atoms with Crippen LogP contribution in [0.5, 0.6) is 0 Å². The van der Waals surface area contributed by atoms with E-state index in [2.05, 4.69) is 13.2 Å². The maximum atomic E-state index is 14.6. The van der Waals surface area contributed by atoms with E-state index in [1.165, 1.54) is 6.08 Å². The number of fused-ring (bicyclic) bond motifs is 1. The number of likely N-dealkylation sites (tertiary alicyclic amines) is 1. The average molecular weight is 539 g/mol. The summed E-state index contributed by atoms with van der Waals surface area (Å²) in [4.78, 5) is 45.7. The average Bonchev–Trinajstić information content (AvgIpc) is 3.44. The zero-order chi connectivity index (χ0) is 28.5. The molecule has 2 bridgehead atoms. The van der Waals surface area contributed by atoms with Crippen LogP contribution in [-0.4, -0.2) is 75.7 Å². The first-order valence-electron chi connectivity index (χ1n) is 14.0. The lowest BCUT2D eigenvalue weighted by Gasteiger charge is -2.41. The molecule has 3 aliphatic rings. The highest BCUT2D eigenvalue weighted by atomic mass is 16.6. The SMILES string of the molecule is C=CCOC(=O)[C@@H]1[C@H]2C(=O)N([C@@H](CO)[C@@H](C)CC)C(C(=O)N(CC=C)Cc3ccccc3)C23CC(C)[C@@]1(C)O3. The number of nitrogens with zero attached hydrogens (tertiary/aromatic N) is 2. The summed E-state index contributed by atoms with van der Waals surface area (Å²) in [6.07, 6.45) is 4.31. The minimum absolute atomic E-state index is 0.0239. The van der Waals surface area contributed by atoms with Crippen molar-refractivity contribution in [3.05, 3.63) is 61.2 Å². The van der Waals surface area contributed by atoms with Crippen molar-refractivity contribution in [3.63, 3.8) is 0 Å². The van der Waals surface area contributed by atoms with Gasteiger partial charge in [-0.3, -0.25) is 14.4 Å². The summed E-state index contributed by atoms with van der Waals surface area (Å²) in [7, 11) is 0. The fourth-order valence-electron chi connectivity index (χ4n) is 7.08. The second-order valence-electron chi connectivity index (χ2n) is 11.5. The van der Waals surface area contributed by atoms with Crippen molar-refractivity contribution in [3.8, 4) is 0 Å². The van der Waals surface area contributed by atoms with Gasteiger partial charge in [-0.1, -0.05) is 76.3 Å². The molecule has 0 radical (unpaired) electrons. The van der Waals surface area contributed by atoms with E-state index in [4.69, 9.17) is 9.47 Å². The van der Waals surface area contributed by atoms with Gasteiger partial charge in [0, 0.05) is 13.1 Å². The van der Waals surface area contributed by atoms with E-state index in [-0.39, 0.29) is 43.4 Å². The Balaban J connectivity index is 1.84. The molecular weight excluding hydrogens is 496 g/mol. The van der Waals surface area contributed by atoms with Crippen LogP contribution in [0.15, 0.2) is 55.6 Å². The summed E-state index contributed by atoms with van der Waals surface area (Å²) in [5.74, 6) is -3.06. The van der Waals surface area contributed by atoms with Crippen molar-refractivity contribution in [2.45, 2.75) is 70.4 Å². The molecule has 1 aromatic carbocycles. The van der Waals surface area contributed by atoms with Crippen LogP contribution < -0.4 is 0 Å². The van der Waals surface area contributed by atoms with Gasteiger partial charge in [-0.05, 0) is 30.7 Å². The Kier molecular flexibility index (Phi) is 8.38. The molecule has 2 amide bonds. The minimum atomic E-state index is -1.21. The van der Waals surface area contributed by atoms with E-state index in [0.29, 0.717) is 19.4 Å². The monoisotopic (exact) mass is 538 g/mol. The van der Waals surface area contributed by atoms with Gasteiger partial charge in [-0.2, -0.15) is 0 Å². The van der Waals surface area contributed by atoms with E-state index in [0.717, 1.165) is 5.56 Å². The number of esters is 1. The number of rotatable bonds is 12. The van der Waals surface area contributed by atoms with Crippen LogP contribution >= 0.6 is 0 Å². The molecule has 3 aliphatic heterocycles. The van der Waals surface area contributed by atoms with Crippen LogP contribution in [0.1, 0.15) is 46.1 Å². The Hall–Kier alpha value is -2.97. The summed E-state index contributed by atoms with van der Waals surface area (Å²) >= 11 is 0. The fraction of sp³-hybridized carbons (Fsp3) is 0.581. The van der Waals surface area contributed by atoms with Crippen molar-refractivity contribution < 1.29 is 29.0 Å². The van der Waals surface area contributed by atoms with Crippen LogP contribution in [0, 0.1) is 23.7 Å². The number of carbonyl (C=O) groups is 3. The molecule has 3 heterocycles. The predicted octanol–water partition coefficient (Wildman–Crippen LogP) is 3.35. The highest BCUT2D eigenvalue weighted by Crippen LogP contribution is 2.65. The molecule has 0 saturated carbocycles. The van der Waals surface area contributed by atoms with Crippen LogP contribution in [0.25, 0.3) is 0 Å². The second kappa shape index (κ2) is 11.3.